The molecule has 0 bridgehead atoms. The normalized spacial score (nSPS) is 25.1. The molecule has 35 heavy (non-hydrogen) atoms. The second kappa shape index (κ2) is 9.61. The molecule has 0 saturated heterocycles. The molecule has 1 unspecified atom stereocenters. The lowest BCUT2D eigenvalue weighted by Crippen LogP contribution is -2.30. The van der Waals surface area contributed by atoms with E-state index in [4.69, 9.17) is 9.47 Å². The van der Waals surface area contributed by atoms with Crippen LogP contribution in [-0.2, 0) is 10.7 Å². The summed E-state index contributed by atoms with van der Waals surface area (Å²) in [4.78, 5) is 0. The number of benzene rings is 2. The molecular formula is C29H32F4O2. The van der Waals surface area contributed by atoms with Gasteiger partial charge in [0.1, 0.15) is 5.82 Å². The molecule has 2 aromatic carbocycles. The van der Waals surface area contributed by atoms with Crippen molar-refractivity contribution in [3.8, 4) is 16.9 Å². The molecule has 6 heteroatoms. The van der Waals surface area contributed by atoms with Crippen LogP contribution in [0.2, 0.25) is 0 Å². The van der Waals surface area contributed by atoms with Crippen molar-refractivity contribution in [2.75, 3.05) is 13.2 Å². The molecule has 1 fully saturated rings. The lowest BCUT2D eigenvalue weighted by molar-refractivity contribution is 0.00850. The predicted molar refractivity (Wildman–Crippen MR) is 129 cm³/mol. The minimum absolute atomic E-state index is 0.00372. The van der Waals surface area contributed by atoms with Crippen LogP contribution in [0.5, 0.6) is 5.75 Å². The first kappa shape index (κ1) is 24.4. The third kappa shape index (κ3) is 4.18. The largest absolute Gasteiger partial charge is 0.491 e. The standard InChI is InChI=1S/C29H32F4O2/c1-3-5-17-6-8-18(9-7-17)23-14-10-19(16-35-23)20-11-12-21-22-13-15-24(34-4-2)28(31)26(22)29(32,33)25(21)27(20)30/h10-13,15,17-18,23H,3-9,14,16H2,1-2H3. The first-order valence-electron chi connectivity index (χ1n) is 12.8. The van der Waals surface area contributed by atoms with Crippen LogP contribution in [0.1, 0.15) is 75.5 Å². The van der Waals surface area contributed by atoms with Crippen molar-refractivity contribution in [3.05, 3.63) is 58.7 Å². The third-order valence-corrected chi connectivity index (χ3v) is 7.98. The Morgan fingerprint density at radius 2 is 1.57 bits per heavy atom. The quantitative estimate of drug-likeness (QED) is 0.381. The van der Waals surface area contributed by atoms with Crippen molar-refractivity contribution < 1.29 is 27.0 Å². The van der Waals surface area contributed by atoms with E-state index < -0.39 is 28.7 Å². The SMILES string of the molecule is CCCC1CCC(C2CC=C(c3ccc4c(c3F)C(F)(F)c3c-4ccc(OCC)c3F)CO2)CC1. The van der Waals surface area contributed by atoms with Gasteiger partial charge in [0.25, 0.3) is 0 Å². The summed E-state index contributed by atoms with van der Waals surface area (Å²) in [5.74, 6) is -4.88. The van der Waals surface area contributed by atoms with Crippen LogP contribution >= 0.6 is 0 Å². The van der Waals surface area contributed by atoms with Gasteiger partial charge < -0.3 is 9.47 Å². The van der Waals surface area contributed by atoms with Crippen LogP contribution in [-0.4, -0.2) is 19.3 Å². The molecule has 1 saturated carbocycles. The Morgan fingerprint density at radius 1 is 0.914 bits per heavy atom. The Morgan fingerprint density at radius 3 is 2.20 bits per heavy atom. The fourth-order valence-electron chi connectivity index (χ4n) is 6.19. The zero-order valence-electron chi connectivity index (χ0n) is 20.3. The molecule has 188 valence electrons. The number of hydrogen-bond donors (Lipinski definition) is 0. The molecule has 0 spiro atoms. The van der Waals surface area contributed by atoms with Crippen LogP contribution in [0.15, 0.2) is 30.3 Å². The predicted octanol–water partition coefficient (Wildman–Crippen LogP) is 8.26. The van der Waals surface area contributed by atoms with Gasteiger partial charge in [0.05, 0.1) is 30.4 Å². The van der Waals surface area contributed by atoms with E-state index in [1.54, 1.807) is 6.92 Å². The summed E-state index contributed by atoms with van der Waals surface area (Å²) in [7, 11) is 0. The summed E-state index contributed by atoms with van der Waals surface area (Å²) >= 11 is 0. The van der Waals surface area contributed by atoms with Gasteiger partial charge in [0.2, 0.25) is 0 Å². The summed E-state index contributed by atoms with van der Waals surface area (Å²) in [6, 6.07) is 5.68. The van der Waals surface area contributed by atoms with Crippen LogP contribution < -0.4 is 4.74 Å². The smallest absolute Gasteiger partial charge is 0.305 e. The van der Waals surface area contributed by atoms with E-state index in [-0.39, 0.29) is 41.8 Å². The van der Waals surface area contributed by atoms with Crippen molar-refractivity contribution in [3.63, 3.8) is 0 Å². The molecule has 3 aliphatic rings. The molecule has 2 nitrogen and oxygen atoms in total. The number of hydrogen-bond acceptors (Lipinski definition) is 2. The summed E-state index contributed by atoms with van der Waals surface area (Å²) in [6.07, 6.45) is 9.93. The number of alkyl halides is 2. The van der Waals surface area contributed by atoms with E-state index in [2.05, 4.69) is 6.92 Å². The average molecular weight is 489 g/mol. The van der Waals surface area contributed by atoms with Gasteiger partial charge in [-0.2, -0.15) is 8.78 Å². The van der Waals surface area contributed by atoms with Gasteiger partial charge in [-0.25, -0.2) is 8.78 Å². The lowest BCUT2D eigenvalue weighted by Gasteiger charge is -2.35. The highest BCUT2D eigenvalue weighted by atomic mass is 19.3. The van der Waals surface area contributed by atoms with E-state index in [1.165, 1.54) is 49.9 Å². The van der Waals surface area contributed by atoms with Crippen molar-refractivity contribution in [2.45, 2.75) is 70.8 Å². The molecule has 0 aromatic heterocycles. The van der Waals surface area contributed by atoms with Crippen molar-refractivity contribution >= 4 is 5.57 Å². The van der Waals surface area contributed by atoms with Gasteiger partial charge in [-0.15, -0.1) is 0 Å². The zero-order valence-corrected chi connectivity index (χ0v) is 20.3. The lowest BCUT2D eigenvalue weighted by atomic mass is 9.76. The maximum Gasteiger partial charge on any atom is 0.305 e. The minimum Gasteiger partial charge on any atom is -0.491 e. The van der Waals surface area contributed by atoms with Crippen molar-refractivity contribution in [1.29, 1.82) is 0 Å². The first-order valence-corrected chi connectivity index (χ1v) is 12.8. The van der Waals surface area contributed by atoms with Crippen LogP contribution in [0.4, 0.5) is 17.6 Å². The second-order valence-electron chi connectivity index (χ2n) is 10.0. The van der Waals surface area contributed by atoms with Crippen LogP contribution in [0.3, 0.4) is 0 Å². The summed E-state index contributed by atoms with van der Waals surface area (Å²) in [5, 5.41) is 0. The highest BCUT2D eigenvalue weighted by Gasteiger charge is 2.50. The molecule has 0 N–H and O–H groups in total. The fraction of sp³-hybridized carbons (Fsp3) is 0.517. The Bertz CT molecular complexity index is 1130. The van der Waals surface area contributed by atoms with Crippen molar-refractivity contribution in [1.82, 2.24) is 0 Å². The Labute approximate surface area is 204 Å². The first-order chi connectivity index (χ1) is 16.9. The maximum atomic E-state index is 15.6. The monoisotopic (exact) mass is 488 g/mol. The number of rotatable bonds is 6. The number of ether oxygens (including phenoxy) is 2. The third-order valence-electron chi connectivity index (χ3n) is 7.98. The summed E-state index contributed by atoms with van der Waals surface area (Å²) in [5.41, 5.74) is -0.886. The number of halogens is 4. The van der Waals surface area contributed by atoms with Gasteiger partial charge in [-0.05, 0) is 66.9 Å². The van der Waals surface area contributed by atoms with Gasteiger partial charge >= 0.3 is 5.92 Å². The molecule has 1 atom stereocenters. The van der Waals surface area contributed by atoms with Gasteiger partial charge in [0.15, 0.2) is 11.6 Å². The van der Waals surface area contributed by atoms with E-state index in [0.717, 1.165) is 18.8 Å². The van der Waals surface area contributed by atoms with Gasteiger partial charge in [0, 0.05) is 5.56 Å². The fourth-order valence-corrected chi connectivity index (χ4v) is 6.19. The molecule has 0 amide bonds. The highest BCUT2D eigenvalue weighted by Crippen LogP contribution is 2.55. The Kier molecular flexibility index (Phi) is 6.69. The highest BCUT2D eigenvalue weighted by molar-refractivity contribution is 5.83. The summed E-state index contributed by atoms with van der Waals surface area (Å²) in [6.45, 7) is 4.20. The van der Waals surface area contributed by atoms with E-state index in [9.17, 15) is 4.39 Å². The topological polar surface area (TPSA) is 18.5 Å². The number of fused-ring (bicyclic) bond motifs is 3. The summed E-state index contributed by atoms with van der Waals surface area (Å²) < 4.78 is 72.7. The minimum atomic E-state index is -3.79. The van der Waals surface area contributed by atoms with Crippen molar-refractivity contribution in [2.24, 2.45) is 11.8 Å². The molecule has 2 aliphatic carbocycles. The molecule has 1 aliphatic heterocycles. The molecule has 0 radical (unpaired) electrons. The van der Waals surface area contributed by atoms with Crippen LogP contribution in [0.25, 0.3) is 16.7 Å². The Balaban J connectivity index is 1.39. The molecule has 1 heterocycles. The van der Waals surface area contributed by atoms with E-state index >= 15 is 13.2 Å². The molecule has 5 rings (SSSR count). The van der Waals surface area contributed by atoms with Gasteiger partial charge in [-0.1, -0.05) is 50.8 Å². The molecular weight excluding hydrogens is 456 g/mol. The van der Waals surface area contributed by atoms with E-state index in [1.807, 2.05) is 6.08 Å². The average Bonchev–Trinajstić information content (AvgIpc) is 3.10. The second-order valence-corrected chi connectivity index (χ2v) is 10.0. The molecule has 2 aromatic rings. The maximum absolute atomic E-state index is 15.6. The van der Waals surface area contributed by atoms with Crippen LogP contribution in [0, 0.1) is 23.5 Å². The van der Waals surface area contributed by atoms with Gasteiger partial charge in [-0.3, -0.25) is 0 Å². The zero-order chi connectivity index (χ0) is 24.7. The Hall–Kier alpha value is -2.34. The van der Waals surface area contributed by atoms with E-state index in [0.29, 0.717) is 17.9 Å².